The molecule has 1 amide bonds. The second-order valence-electron chi connectivity index (χ2n) is 9.05. The Hall–Kier alpha value is -1.48. The molecule has 0 bridgehead atoms. The topological polar surface area (TPSA) is 93.1 Å². The molecule has 1 aliphatic rings. The number of aryl methyl sites for hydroxylation is 1. The van der Waals surface area contributed by atoms with E-state index >= 15 is 0 Å². The predicted molar refractivity (Wildman–Crippen MR) is 110 cm³/mol. The van der Waals surface area contributed by atoms with Crippen LogP contribution in [0.15, 0.2) is 29.2 Å². The number of carbonyl (C=O) groups is 1. The Morgan fingerprint density at radius 2 is 1.66 bits per heavy atom. The van der Waals surface area contributed by atoms with Crippen LogP contribution in [0.3, 0.4) is 0 Å². The van der Waals surface area contributed by atoms with Gasteiger partial charge < -0.3 is 14.7 Å². The van der Waals surface area contributed by atoms with E-state index < -0.39 is 16.2 Å². The van der Waals surface area contributed by atoms with Gasteiger partial charge in [-0.05, 0) is 59.6 Å². The van der Waals surface area contributed by atoms with Gasteiger partial charge in [0.2, 0.25) is 5.91 Å². The summed E-state index contributed by atoms with van der Waals surface area (Å²) >= 11 is 0. The summed E-state index contributed by atoms with van der Waals surface area (Å²) in [5, 5.41) is 10.2. The molecule has 29 heavy (non-hydrogen) atoms. The van der Waals surface area contributed by atoms with Crippen LogP contribution in [-0.2, 0) is 23.8 Å². The third-order valence-electron chi connectivity index (χ3n) is 5.23. The van der Waals surface area contributed by atoms with Crippen molar-refractivity contribution in [3.05, 3.63) is 29.8 Å². The second kappa shape index (κ2) is 8.71. The third-order valence-corrected chi connectivity index (χ3v) is 6.53. The van der Waals surface area contributed by atoms with Crippen molar-refractivity contribution in [2.45, 2.75) is 82.6 Å². The molecule has 0 radical (unpaired) electrons. The maximum Gasteiger partial charge on any atom is 0.297 e. The summed E-state index contributed by atoms with van der Waals surface area (Å²) < 4.78 is 35.3. The fourth-order valence-electron chi connectivity index (χ4n) is 4.40. The highest BCUT2D eigenvalue weighted by Crippen LogP contribution is 2.39. The Morgan fingerprint density at radius 1 is 1.14 bits per heavy atom. The predicted octanol–water partition coefficient (Wildman–Crippen LogP) is 2.65. The van der Waals surface area contributed by atoms with Crippen LogP contribution in [0.1, 0.15) is 53.0 Å². The highest BCUT2D eigenvalue weighted by molar-refractivity contribution is 7.86. The second-order valence-corrected chi connectivity index (χ2v) is 10.7. The largest absolute Gasteiger partial charge is 0.388 e. The van der Waals surface area contributed by atoms with Crippen LogP contribution in [0.2, 0.25) is 0 Å². The van der Waals surface area contributed by atoms with E-state index in [4.69, 9.17) is 8.92 Å². The third kappa shape index (κ3) is 6.01. The van der Waals surface area contributed by atoms with E-state index in [1.54, 1.807) is 19.1 Å². The lowest BCUT2D eigenvalue weighted by Gasteiger charge is -2.54. The molecule has 1 N–H and O–H groups in total. The van der Waals surface area contributed by atoms with Crippen molar-refractivity contribution in [2.75, 3.05) is 13.2 Å². The summed E-state index contributed by atoms with van der Waals surface area (Å²) in [5.41, 5.74) is 0.183. The summed E-state index contributed by atoms with van der Waals surface area (Å²) in [7, 11) is -3.93. The highest BCUT2D eigenvalue weighted by atomic mass is 32.2. The minimum Gasteiger partial charge on any atom is -0.388 e. The van der Waals surface area contributed by atoms with E-state index in [0.717, 1.165) is 5.56 Å². The van der Waals surface area contributed by atoms with Crippen LogP contribution in [0.4, 0.5) is 0 Å². The number of aliphatic hydroxyl groups excluding tert-OH is 1. The summed E-state index contributed by atoms with van der Waals surface area (Å²) in [6.45, 7) is 11.0. The minimum atomic E-state index is -3.93. The fraction of sp³-hybridized carbons (Fsp3) is 0.667. The molecule has 7 nitrogen and oxygen atoms in total. The Bertz CT molecular complexity index is 798. The van der Waals surface area contributed by atoms with Crippen LogP contribution in [0, 0.1) is 6.92 Å². The minimum absolute atomic E-state index is 0.0215. The maximum absolute atomic E-state index is 12.2. The van der Waals surface area contributed by atoms with E-state index in [9.17, 15) is 18.3 Å². The lowest BCUT2D eigenvalue weighted by atomic mass is 9.78. The van der Waals surface area contributed by atoms with Gasteiger partial charge in [0.15, 0.2) is 0 Å². The van der Waals surface area contributed by atoms with Crippen molar-refractivity contribution < 1.29 is 27.2 Å². The quantitative estimate of drug-likeness (QED) is 0.673. The molecule has 1 aromatic rings. The molecular formula is C21H33NO6S. The average Bonchev–Trinajstić information content (AvgIpc) is 2.56. The number of hydrogen-bond acceptors (Lipinski definition) is 6. The van der Waals surface area contributed by atoms with Gasteiger partial charge >= 0.3 is 0 Å². The molecule has 1 fully saturated rings. The summed E-state index contributed by atoms with van der Waals surface area (Å²) in [6, 6.07) is 6.32. The number of hydrogen-bond donors (Lipinski definition) is 1. The Balaban J connectivity index is 1.90. The van der Waals surface area contributed by atoms with E-state index in [1.165, 1.54) is 12.1 Å². The number of carbonyl (C=O) groups excluding carboxylic acids is 1. The van der Waals surface area contributed by atoms with Crippen LogP contribution in [0.5, 0.6) is 0 Å². The number of amides is 1. The first-order valence-corrected chi connectivity index (χ1v) is 11.2. The molecular weight excluding hydrogens is 394 g/mol. The molecule has 0 spiro atoms. The Morgan fingerprint density at radius 3 is 2.14 bits per heavy atom. The van der Waals surface area contributed by atoms with Crippen molar-refractivity contribution in [3.8, 4) is 0 Å². The van der Waals surface area contributed by atoms with Crippen molar-refractivity contribution in [1.82, 2.24) is 4.90 Å². The first-order chi connectivity index (χ1) is 13.2. The van der Waals surface area contributed by atoms with E-state index in [1.807, 2.05) is 39.5 Å². The normalized spacial score (nSPS) is 20.4. The van der Waals surface area contributed by atoms with Crippen molar-refractivity contribution in [1.29, 1.82) is 0 Å². The molecule has 8 heteroatoms. The molecule has 1 heterocycles. The fourth-order valence-corrected chi connectivity index (χ4v) is 5.34. The molecule has 1 aromatic carbocycles. The average molecular weight is 428 g/mol. The molecule has 0 aromatic heterocycles. The standard InChI is InChI=1S/C21H33NO6S/c1-15-7-9-19(10-8-15)29(25,26)28-14-17(24)13-27-18-11-20(3,4)22(16(2)23)21(5,6)12-18/h7-10,17-18,24H,11-14H2,1-6H3. The molecule has 1 unspecified atom stereocenters. The van der Waals surface area contributed by atoms with Crippen LogP contribution in [0.25, 0.3) is 0 Å². The van der Waals surface area contributed by atoms with Crippen molar-refractivity contribution in [2.24, 2.45) is 0 Å². The number of nitrogens with zero attached hydrogens (tertiary/aromatic N) is 1. The number of rotatable bonds is 7. The summed E-state index contributed by atoms with van der Waals surface area (Å²) in [5.74, 6) is 0.0215. The highest BCUT2D eigenvalue weighted by Gasteiger charge is 2.47. The SMILES string of the molecule is CC(=O)N1C(C)(C)CC(OCC(O)COS(=O)(=O)c2ccc(C)cc2)CC1(C)C. The Kier molecular flexibility index (Phi) is 7.15. The number of aliphatic hydroxyl groups is 1. The van der Waals surface area contributed by atoms with Crippen molar-refractivity contribution >= 4 is 16.0 Å². The zero-order chi connectivity index (χ0) is 22.0. The van der Waals surface area contributed by atoms with Gasteiger partial charge in [0, 0.05) is 18.0 Å². The number of likely N-dealkylation sites (tertiary alicyclic amines) is 1. The van der Waals surface area contributed by atoms with Crippen molar-refractivity contribution in [3.63, 3.8) is 0 Å². The number of piperidine rings is 1. The van der Waals surface area contributed by atoms with Crippen LogP contribution in [-0.4, -0.2) is 60.8 Å². The molecule has 0 saturated carbocycles. The monoisotopic (exact) mass is 427 g/mol. The van der Waals surface area contributed by atoms with E-state index in [2.05, 4.69) is 0 Å². The molecule has 1 saturated heterocycles. The van der Waals surface area contributed by atoms with Gasteiger partial charge in [-0.25, -0.2) is 0 Å². The number of benzene rings is 1. The molecule has 0 aliphatic carbocycles. The smallest absolute Gasteiger partial charge is 0.297 e. The van der Waals surface area contributed by atoms with Gasteiger partial charge in [0.05, 0.1) is 24.2 Å². The lowest BCUT2D eigenvalue weighted by molar-refractivity contribution is -0.158. The van der Waals surface area contributed by atoms with Gasteiger partial charge in [-0.1, -0.05) is 17.7 Å². The van der Waals surface area contributed by atoms with E-state index in [-0.39, 0.29) is 41.2 Å². The molecule has 2 rings (SSSR count). The molecule has 164 valence electrons. The lowest BCUT2D eigenvalue weighted by Crippen LogP contribution is -2.63. The zero-order valence-electron chi connectivity index (χ0n) is 18.1. The van der Waals surface area contributed by atoms with Crippen LogP contribution < -0.4 is 0 Å². The summed E-state index contributed by atoms with van der Waals surface area (Å²) in [6.07, 6.45) is 0.0301. The van der Waals surface area contributed by atoms with E-state index in [0.29, 0.717) is 12.8 Å². The summed E-state index contributed by atoms with van der Waals surface area (Å²) in [4.78, 5) is 14.0. The molecule has 1 atom stereocenters. The van der Waals surface area contributed by atoms with Gasteiger partial charge in [-0.15, -0.1) is 0 Å². The zero-order valence-corrected chi connectivity index (χ0v) is 19.0. The Labute approximate surface area is 174 Å². The van der Waals surface area contributed by atoms with Gasteiger partial charge in [0.25, 0.3) is 10.1 Å². The van der Waals surface area contributed by atoms with Gasteiger partial charge in [-0.3, -0.25) is 8.98 Å². The first kappa shape index (κ1) is 23.8. The number of ether oxygens (including phenoxy) is 1. The van der Waals surface area contributed by atoms with Crippen LogP contribution >= 0.6 is 0 Å². The van der Waals surface area contributed by atoms with Gasteiger partial charge in [-0.2, -0.15) is 8.42 Å². The van der Waals surface area contributed by atoms with Gasteiger partial charge in [0.1, 0.15) is 6.10 Å². The first-order valence-electron chi connectivity index (χ1n) is 9.81. The maximum atomic E-state index is 12.2. The molecule has 1 aliphatic heterocycles.